The molecule has 1 aromatic heterocycles. The molecule has 1 aliphatic carbocycles. The molecular formula is C20H19N3O2S. The number of thiophene rings is 1. The highest BCUT2D eigenvalue weighted by molar-refractivity contribution is 7.10. The van der Waals surface area contributed by atoms with Crippen LogP contribution in [0.2, 0.25) is 0 Å². The average molecular weight is 365 g/mol. The number of benzene rings is 1. The molecule has 2 amide bonds. The second-order valence-corrected chi connectivity index (χ2v) is 7.75. The molecule has 2 heterocycles. The lowest BCUT2D eigenvalue weighted by atomic mass is 10.1. The molecule has 2 unspecified atom stereocenters. The van der Waals surface area contributed by atoms with Gasteiger partial charge in [0.2, 0.25) is 5.91 Å². The number of nitrogens with zero attached hydrogens (tertiary/aromatic N) is 3. The molecule has 1 aromatic carbocycles. The van der Waals surface area contributed by atoms with Crippen LogP contribution in [0.25, 0.3) is 0 Å². The fourth-order valence-electron chi connectivity index (χ4n) is 3.55. The molecule has 26 heavy (non-hydrogen) atoms. The van der Waals surface area contributed by atoms with Gasteiger partial charge >= 0.3 is 0 Å². The minimum atomic E-state index is -0.0721. The SMILES string of the molecule is N#Cc1cccc(C(=O)N2CCN(C(=O)C3CC3c3cccs3)CC2)c1. The summed E-state index contributed by atoms with van der Waals surface area (Å²) in [6.45, 7) is 2.24. The van der Waals surface area contributed by atoms with Crippen molar-refractivity contribution in [3.8, 4) is 6.07 Å². The fraction of sp³-hybridized carbons (Fsp3) is 0.350. The molecule has 132 valence electrons. The fourth-order valence-corrected chi connectivity index (χ4v) is 4.46. The Labute approximate surface area is 156 Å². The topological polar surface area (TPSA) is 64.4 Å². The van der Waals surface area contributed by atoms with Crippen molar-refractivity contribution in [1.29, 1.82) is 5.26 Å². The third-order valence-electron chi connectivity index (χ3n) is 5.13. The third kappa shape index (κ3) is 3.23. The van der Waals surface area contributed by atoms with Crippen LogP contribution >= 0.6 is 11.3 Å². The van der Waals surface area contributed by atoms with E-state index in [0.717, 1.165) is 6.42 Å². The van der Waals surface area contributed by atoms with Crippen molar-refractivity contribution < 1.29 is 9.59 Å². The van der Waals surface area contributed by atoms with E-state index in [1.807, 2.05) is 11.0 Å². The predicted molar refractivity (Wildman–Crippen MR) is 98.8 cm³/mol. The molecule has 6 heteroatoms. The summed E-state index contributed by atoms with van der Waals surface area (Å²) in [7, 11) is 0. The van der Waals surface area contributed by atoms with E-state index >= 15 is 0 Å². The highest BCUT2D eigenvalue weighted by atomic mass is 32.1. The van der Waals surface area contributed by atoms with Crippen molar-refractivity contribution in [2.24, 2.45) is 5.92 Å². The third-order valence-corrected chi connectivity index (χ3v) is 6.14. The summed E-state index contributed by atoms with van der Waals surface area (Å²) in [5, 5.41) is 11.0. The summed E-state index contributed by atoms with van der Waals surface area (Å²) in [5.41, 5.74) is 1.02. The van der Waals surface area contributed by atoms with Gasteiger partial charge in [0, 0.05) is 48.5 Å². The first-order valence-corrected chi connectivity index (χ1v) is 9.67. The van der Waals surface area contributed by atoms with E-state index < -0.39 is 0 Å². The Hall–Kier alpha value is -2.65. The van der Waals surface area contributed by atoms with Crippen LogP contribution in [0.15, 0.2) is 41.8 Å². The van der Waals surface area contributed by atoms with Gasteiger partial charge < -0.3 is 9.80 Å². The Kier molecular flexibility index (Phi) is 4.48. The van der Waals surface area contributed by atoms with Crippen molar-refractivity contribution in [3.05, 3.63) is 57.8 Å². The van der Waals surface area contributed by atoms with E-state index in [9.17, 15) is 9.59 Å². The number of piperazine rings is 1. The molecule has 0 spiro atoms. The first kappa shape index (κ1) is 16.8. The van der Waals surface area contributed by atoms with Gasteiger partial charge in [-0.2, -0.15) is 5.26 Å². The lowest BCUT2D eigenvalue weighted by Crippen LogP contribution is -2.51. The van der Waals surface area contributed by atoms with Crippen LogP contribution in [0.3, 0.4) is 0 Å². The second kappa shape index (κ2) is 6.93. The molecule has 0 bridgehead atoms. The van der Waals surface area contributed by atoms with Crippen LogP contribution in [-0.2, 0) is 4.79 Å². The minimum Gasteiger partial charge on any atom is -0.339 e. The van der Waals surface area contributed by atoms with E-state index in [0.29, 0.717) is 43.2 Å². The van der Waals surface area contributed by atoms with E-state index in [2.05, 4.69) is 17.5 Å². The smallest absolute Gasteiger partial charge is 0.254 e. The van der Waals surface area contributed by atoms with Crippen molar-refractivity contribution in [3.63, 3.8) is 0 Å². The molecular weight excluding hydrogens is 346 g/mol. The summed E-state index contributed by atoms with van der Waals surface area (Å²) < 4.78 is 0. The molecule has 0 N–H and O–H groups in total. The van der Waals surface area contributed by atoms with E-state index in [-0.39, 0.29) is 17.7 Å². The number of amides is 2. The zero-order chi connectivity index (χ0) is 18.1. The number of hydrogen-bond acceptors (Lipinski definition) is 4. The van der Waals surface area contributed by atoms with Gasteiger partial charge in [-0.3, -0.25) is 9.59 Å². The monoisotopic (exact) mass is 365 g/mol. The van der Waals surface area contributed by atoms with Crippen LogP contribution in [-0.4, -0.2) is 47.8 Å². The quantitative estimate of drug-likeness (QED) is 0.840. The number of hydrogen-bond donors (Lipinski definition) is 0. The van der Waals surface area contributed by atoms with Gasteiger partial charge in [0.25, 0.3) is 5.91 Å². The number of carbonyl (C=O) groups excluding carboxylic acids is 2. The Morgan fingerprint density at radius 2 is 1.85 bits per heavy atom. The lowest BCUT2D eigenvalue weighted by molar-refractivity contribution is -0.134. The minimum absolute atomic E-state index is 0.0721. The number of nitriles is 1. The lowest BCUT2D eigenvalue weighted by Gasteiger charge is -2.35. The van der Waals surface area contributed by atoms with Gasteiger partial charge in [0.05, 0.1) is 11.6 Å². The zero-order valence-corrected chi connectivity index (χ0v) is 15.1. The first-order valence-electron chi connectivity index (χ1n) is 8.79. The van der Waals surface area contributed by atoms with Crippen molar-refractivity contribution in [2.45, 2.75) is 12.3 Å². The summed E-state index contributed by atoms with van der Waals surface area (Å²) in [5.74, 6) is 0.651. The Morgan fingerprint density at radius 3 is 2.54 bits per heavy atom. The maximum atomic E-state index is 12.7. The van der Waals surface area contributed by atoms with Crippen LogP contribution in [0, 0.1) is 17.2 Å². The average Bonchev–Trinajstić information content (AvgIpc) is 3.31. The summed E-state index contributed by atoms with van der Waals surface area (Å²) in [6, 6.07) is 13.0. The Morgan fingerprint density at radius 1 is 1.08 bits per heavy atom. The predicted octanol–water partition coefficient (Wildman–Crippen LogP) is 2.71. The first-order chi connectivity index (χ1) is 12.7. The highest BCUT2D eigenvalue weighted by Gasteiger charge is 2.46. The van der Waals surface area contributed by atoms with Gasteiger partial charge in [-0.15, -0.1) is 11.3 Å². The molecule has 1 saturated heterocycles. The van der Waals surface area contributed by atoms with Crippen LogP contribution in [0.1, 0.15) is 33.1 Å². The molecule has 2 atom stereocenters. The highest BCUT2D eigenvalue weighted by Crippen LogP contribution is 2.50. The van der Waals surface area contributed by atoms with Crippen molar-refractivity contribution >= 4 is 23.2 Å². The van der Waals surface area contributed by atoms with Crippen LogP contribution in [0.4, 0.5) is 0 Å². The van der Waals surface area contributed by atoms with Gasteiger partial charge in [-0.05, 0) is 36.1 Å². The molecule has 2 aromatic rings. The molecule has 4 rings (SSSR count). The largest absolute Gasteiger partial charge is 0.339 e. The number of carbonyl (C=O) groups is 2. The Balaban J connectivity index is 1.33. The van der Waals surface area contributed by atoms with Gasteiger partial charge in [-0.25, -0.2) is 0 Å². The van der Waals surface area contributed by atoms with Crippen molar-refractivity contribution in [1.82, 2.24) is 9.80 Å². The van der Waals surface area contributed by atoms with Gasteiger partial charge in [-0.1, -0.05) is 12.1 Å². The summed E-state index contributed by atoms with van der Waals surface area (Å²) >= 11 is 1.72. The van der Waals surface area contributed by atoms with Gasteiger partial charge in [0.1, 0.15) is 0 Å². The molecule has 5 nitrogen and oxygen atoms in total. The van der Waals surface area contributed by atoms with Gasteiger partial charge in [0.15, 0.2) is 0 Å². The standard InChI is InChI=1S/C20H19N3O2S/c21-13-14-3-1-4-15(11-14)19(24)22-6-8-23(9-7-22)20(25)17-12-16(17)18-5-2-10-26-18/h1-5,10-11,16-17H,6-9,12H2. The molecule has 1 saturated carbocycles. The van der Waals surface area contributed by atoms with E-state index in [1.165, 1.54) is 4.88 Å². The van der Waals surface area contributed by atoms with E-state index in [1.54, 1.807) is 40.5 Å². The molecule has 1 aliphatic heterocycles. The summed E-state index contributed by atoms with van der Waals surface area (Å²) in [6.07, 6.45) is 0.944. The van der Waals surface area contributed by atoms with Crippen LogP contribution in [0.5, 0.6) is 0 Å². The normalized spacial score (nSPS) is 22.0. The summed E-state index contributed by atoms with van der Waals surface area (Å²) in [4.78, 5) is 30.3. The zero-order valence-electron chi connectivity index (χ0n) is 14.3. The van der Waals surface area contributed by atoms with Crippen molar-refractivity contribution in [2.75, 3.05) is 26.2 Å². The molecule has 0 radical (unpaired) electrons. The molecule has 2 aliphatic rings. The second-order valence-electron chi connectivity index (χ2n) is 6.77. The molecule has 2 fully saturated rings. The maximum absolute atomic E-state index is 12.7. The number of rotatable bonds is 3. The van der Waals surface area contributed by atoms with E-state index in [4.69, 9.17) is 5.26 Å². The maximum Gasteiger partial charge on any atom is 0.254 e. The Bertz CT molecular complexity index is 863. The van der Waals surface area contributed by atoms with Crippen LogP contribution < -0.4 is 0 Å².